The zero-order valence-corrected chi connectivity index (χ0v) is 19.1. The van der Waals surface area contributed by atoms with Crippen LogP contribution in [0.2, 0.25) is 0 Å². The number of aryl methyl sites for hydroxylation is 1. The molecule has 1 aromatic heterocycles. The second kappa shape index (κ2) is 9.98. The molecule has 2 aromatic carbocycles. The van der Waals surface area contributed by atoms with Crippen molar-refractivity contribution in [3.63, 3.8) is 0 Å². The smallest absolute Gasteiger partial charge is 0.257 e. The highest BCUT2D eigenvalue weighted by Crippen LogP contribution is 2.27. The van der Waals surface area contributed by atoms with E-state index in [0.29, 0.717) is 49.4 Å². The van der Waals surface area contributed by atoms with E-state index in [2.05, 4.69) is 10.4 Å². The van der Waals surface area contributed by atoms with E-state index in [0.717, 1.165) is 17.5 Å². The van der Waals surface area contributed by atoms with E-state index in [-0.39, 0.29) is 23.5 Å². The molecule has 6 nitrogen and oxygen atoms in total. The number of carbonyl (C=O) groups is 2. The van der Waals surface area contributed by atoms with Gasteiger partial charge in [0.05, 0.1) is 11.3 Å². The first-order chi connectivity index (χ1) is 16.0. The largest absolute Gasteiger partial charge is 0.356 e. The molecule has 33 heavy (non-hydrogen) atoms. The van der Waals surface area contributed by atoms with Crippen LogP contribution in [0.15, 0.2) is 54.7 Å². The Hall–Kier alpha value is -3.48. The van der Waals surface area contributed by atoms with Crippen molar-refractivity contribution in [2.75, 3.05) is 19.6 Å². The topological polar surface area (TPSA) is 67.2 Å². The molecule has 3 aromatic rings. The van der Waals surface area contributed by atoms with Crippen LogP contribution in [0.25, 0.3) is 16.9 Å². The van der Waals surface area contributed by atoms with Gasteiger partial charge in [0.2, 0.25) is 5.91 Å². The van der Waals surface area contributed by atoms with Crippen LogP contribution in [0.4, 0.5) is 4.39 Å². The van der Waals surface area contributed by atoms with Crippen molar-refractivity contribution >= 4 is 11.8 Å². The minimum atomic E-state index is -0.327. The van der Waals surface area contributed by atoms with Crippen molar-refractivity contribution in [3.8, 4) is 16.9 Å². The van der Waals surface area contributed by atoms with E-state index in [1.54, 1.807) is 27.9 Å². The number of aromatic nitrogens is 2. The van der Waals surface area contributed by atoms with E-state index in [1.807, 2.05) is 38.1 Å². The average molecular weight is 449 g/mol. The van der Waals surface area contributed by atoms with Crippen LogP contribution in [0.5, 0.6) is 0 Å². The molecule has 0 saturated carbocycles. The third-order valence-corrected chi connectivity index (χ3v) is 6.06. The molecule has 0 spiro atoms. The van der Waals surface area contributed by atoms with Crippen molar-refractivity contribution in [2.24, 2.45) is 5.92 Å². The number of halogens is 1. The lowest BCUT2D eigenvalue weighted by atomic mass is 9.95. The summed E-state index contributed by atoms with van der Waals surface area (Å²) < 4.78 is 15.0. The Bertz CT molecular complexity index is 1110. The van der Waals surface area contributed by atoms with Crippen LogP contribution in [0, 0.1) is 18.7 Å². The van der Waals surface area contributed by atoms with Gasteiger partial charge in [0.1, 0.15) is 11.5 Å². The fourth-order valence-electron chi connectivity index (χ4n) is 4.09. The molecule has 2 heterocycles. The summed E-state index contributed by atoms with van der Waals surface area (Å²) >= 11 is 0. The Balaban J connectivity index is 1.59. The third-order valence-electron chi connectivity index (χ3n) is 6.06. The van der Waals surface area contributed by atoms with Crippen LogP contribution in [-0.2, 0) is 4.79 Å². The van der Waals surface area contributed by atoms with Crippen molar-refractivity contribution in [2.45, 2.75) is 33.1 Å². The zero-order valence-electron chi connectivity index (χ0n) is 19.1. The maximum Gasteiger partial charge on any atom is 0.257 e. The van der Waals surface area contributed by atoms with Crippen molar-refractivity contribution in [3.05, 3.63) is 71.7 Å². The van der Waals surface area contributed by atoms with Gasteiger partial charge in [0.15, 0.2) is 0 Å². The number of likely N-dealkylation sites (tertiary alicyclic amines) is 1. The fourth-order valence-corrected chi connectivity index (χ4v) is 4.09. The first kappa shape index (κ1) is 22.7. The molecular weight excluding hydrogens is 419 g/mol. The SMILES string of the molecule is CCCNC(=O)C1CCN(C(=O)c2cn(-c3ccc(F)cc3)nc2-c2ccc(C)cc2)CC1. The van der Waals surface area contributed by atoms with Gasteiger partial charge >= 0.3 is 0 Å². The Morgan fingerprint density at radius 3 is 2.36 bits per heavy atom. The van der Waals surface area contributed by atoms with Gasteiger partial charge < -0.3 is 10.2 Å². The number of hydrogen-bond acceptors (Lipinski definition) is 3. The summed E-state index contributed by atoms with van der Waals surface area (Å²) in [5.74, 6) is -0.411. The second-order valence-electron chi connectivity index (χ2n) is 8.54. The number of hydrogen-bond donors (Lipinski definition) is 1. The Morgan fingerprint density at radius 2 is 1.73 bits per heavy atom. The number of nitrogens with zero attached hydrogens (tertiary/aromatic N) is 3. The van der Waals surface area contributed by atoms with Gasteiger partial charge in [-0.15, -0.1) is 0 Å². The molecule has 7 heteroatoms. The third kappa shape index (κ3) is 5.13. The van der Waals surface area contributed by atoms with Crippen molar-refractivity contribution in [1.82, 2.24) is 20.0 Å². The predicted molar refractivity (Wildman–Crippen MR) is 126 cm³/mol. The van der Waals surface area contributed by atoms with E-state index < -0.39 is 0 Å². The van der Waals surface area contributed by atoms with Gasteiger partial charge in [-0.25, -0.2) is 9.07 Å². The molecule has 1 fully saturated rings. The van der Waals surface area contributed by atoms with E-state index in [4.69, 9.17) is 0 Å². The predicted octanol–water partition coefficient (Wildman–Crippen LogP) is 4.37. The van der Waals surface area contributed by atoms with Crippen LogP contribution in [-0.4, -0.2) is 46.1 Å². The molecule has 1 N–H and O–H groups in total. The summed E-state index contributed by atoms with van der Waals surface area (Å²) in [5.41, 5.74) is 3.73. The molecule has 1 saturated heterocycles. The Kier molecular flexibility index (Phi) is 6.87. The van der Waals surface area contributed by atoms with Gasteiger partial charge in [-0.05, 0) is 50.5 Å². The van der Waals surface area contributed by atoms with Gasteiger partial charge in [0.25, 0.3) is 5.91 Å². The monoisotopic (exact) mass is 448 g/mol. The lowest BCUT2D eigenvalue weighted by Gasteiger charge is -2.31. The molecular formula is C26H29FN4O2. The van der Waals surface area contributed by atoms with E-state index >= 15 is 0 Å². The standard InChI is InChI=1S/C26H29FN4O2/c1-3-14-28-25(32)20-12-15-30(16-13-20)26(33)23-17-31(22-10-8-21(27)9-11-22)29-24(23)19-6-4-18(2)5-7-19/h4-11,17,20H,3,12-16H2,1-2H3,(H,28,32). The summed E-state index contributed by atoms with van der Waals surface area (Å²) in [6, 6.07) is 13.9. The lowest BCUT2D eigenvalue weighted by Crippen LogP contribution is -2.43. The van der Waals surface area contributed by atoms with Gasteiger partial charge in [-0.1, -0.05) is 36.8 Å². The normalized spacial score (nSPS) is 14.3. The zero-order chi connectivity index (χ0) is 23.4. The highest BCUT2D eigenvalue weighted by atomic mass is 19.1. The maximum atomic E-state index is 13.5. The molecule has 4 rings (SSSR count). The molecule has 172 valence electrons. The average Bonchev–Trinajstić information content (AvgIpc) is 3.28. The van der Waals surface area contributed by atoms with Crippen LogP contribution in [0.1, 0.15) is 42.1 Å². The number of amides is 2. The number of nitrogens with one attached hydrogen (secondary N) is 1. The Labute approximate surface area is 193 Å². The molecule has 1 aliphatic rings. The molecule has 0 unspecified atom stereocenters. The first-order valence-corrected chi connectivity index (χ1v) is 11.5. The Morgan fingerprint density at radius 1 is 1.06 bits per heavy atom. The molecule has 0 aliphatic carbocycles. The molecule has 1 aliphatic heterocycles. The fraction of sp³-hybridized carbons (Fsp3) is 0.346. The lowest BCUT2D eigenvalue weighted by molar-refractivity contribution is -0.126. The molecule has 0 bridgehead atoms. The minimum absolute atomic E-state index is 0.0564. The van der Waals surface area contributed by atoms with Crippen LogP contribution < -0.4 is 5.32 Å². The van der Waals surface area contributed by atoms with Crippen molar-refractivity contribution in [1.29, 1.82) is 0 Å². The molecule has 2 amide bonds. The summed E-state index contributed by atoms with van der Waals surface area (Å²) in [4.78, 5) is 27.6. The van der Waals surface area contributed by atoms with Crippen LogP contribution >= 0.6 is 0 Å². The number of rotatable bonds is 6. The molecule has 0 radical (unpaired) electrons. The highest BCUT2D eigenvalue weighted by Gasteiger charge is 2.30. The summed E-state index contributed by atoms with van der Waals surface area (Å²) in [6.45, 7) is 5.77. The molecule has 0 atom stereocenters. The number of carbonyl (C=O) groups excluding carboxylic acids is 2. The van der Waals surface area contributed by atoms with E-state index in [9.17, 15) is 14.0 Å². The number of piperidine rings is 1. The maximum absolute atomic E-state index is 13.5. The summed E-state index contributed by atoms with van der Waals surface area (Å²) in [6.07, 6.45) is 3.91. The van der Waals surface area contributed by atoms with Gasteiger partial charge in [0, 0.05) is 37.3 Å². The minimum Gasteiger partial charge on any atom is -0.356 e. The summed E-state index contributed by atoms with van der Waals surface area (Å²) in [7, 11) is 0. The van der Waals surface area contributed by atoms with Gasteiger partial charge in [-0.3, -0.25) is 9.59 Å². The van der Waals surface area contributed by atoms with E-state index in [1.165, 1.54) is 12.1 Å². The quantitative estimate of drug-likeness (QED) is 0.609. The second-order valence-corrected chi connectivity index (χ2v) is 8.54. The first-order valence-electron chi connectivity index (χ1n) is 11.5. The van der Waals surface area contributed by atoms with Crippen molar-refractivity contribution < 1.29 is 14.0 Å². The number of benzene rings is 2. The summed E-state index contributed by atoms with van der Waals surface area (Å²) in [5, 5.41) is 7.64. The van der Waals surface area contributed by atoms with Crippen LogP contribution in [0.3, 0.4) is 0 Å². The van der Waals surface area contributed by atoms with Gasteiger partial charge in [-0.2, -0.15) is 5.10 Å². The highest BCUT2D eigenvalue weighted by molar-refractivity contribution is 6.00.